The van der Waals surface area contributed by atoms with Crippen molar-refractivity contribution in [2.45, 2.75) is 18.7 Å². The zero-order valence-electron chi connectivity index (χ0n) is 15.4. The number of anilines is 1. The molecule has 1 amide bonds. The van der Waals surface area contributed by atoms with E-state index in [-0.39, 0.29) is 21.2 Å². The van der Waals surface area contributed by atoms with E-state index in [4.69, 9.17) is 16.7 Å². The number of amides is 1. The van der Waals surface area contributed by atoms with Gasteiger partial charge in [0.2, 0.25) is 10.0 Å². The monoisotopic (exact) mass is 424 g/mol. The number of hydrogen-bond acceptors (Lipinski definition) is 6. The number of primary sulfonamides is 1. The maximum absolute atomic E-state index is 12.2. The van der Waals surface area contributed by atoms with Crippen LogP contribution < -0.4 is 15.5 Å². The minimum absolute atomic E-state index is 0.0189. The average molecular weight is 425 g/mol. The molecule has 28 heavy (non-hydrogen) atoms. The molecule has 0 atom stereocenters. The second kappa shape index (κ2) is 9.05. The van der Waals surface area contributed by atoms with Crippen LogP contribution in [0.3, 0.4) is 0 Å². The van der Waals surface area contributed by atoms with Gasteiger partial charge in [-0.05, 0) is 44.2 Å². The Bertz CT molecular complexity index is 1000. The molecule has 2 rings (SSSR count). The molecule has 0 saturated carbocycles. The lowest BCUT2D eigenvalue weighted by atomic mass is 10.2. The standard InChI is InChI=1S/C18H21ClN4O4S/c1-3-23(4-2)14-7-5-13(16(24)10-14)11-21-22-18(25)12-6-8-15(19)17(9-12)28(20,26)27/h5-11,24H,3-4H2,1-2H3,(H,22,25)(H2,20,26,27)/b21-11-. The van der Waals surface area contributed by atoms with Crippen LogP contribution in [-0.2, 0) is 10.0 Å². The van der Waals surface area contributed by atoms with Crippen molar-refractivity contribution in [3.63, 3.8) is 0 Å². The maximum Gasteiger partial charge on any atom is 0.271 e. The van der Waals surface area contributed by atoms with Crippen LogP contribution >= 0.6 is 11.6 Å². The first-order chi connectivity index (χ1) is 13.2. The summed E-state index contributed by atoms with van der Waals surface area (Å²) < 4.78 is 23.0. The number of benzene rings is 2. The van der Waals surface area contributed by atoms with E-state index in [0.717, 1.165) is 24.8 Å². The molecule has 0 aliphatic heterocycles. The Morgan fingerprint density at radius 1 is 1.25 bits per heavy atom. The highest BCUT2D eigenvalue weighted by molar-refractivity contribution is 7.89. The first-order valence-corrected chi connectivity index (χ1v) is 10.3. The van der Waals surface area contributed by atoms with Gasteiger partial charge in [0.15, 0.2) is 0 Å². The molecule has 0 aliphatic rings. The Balaban J connectivity index is 2.14. The highest BCUT2D eigenvalue weighted by Gasteiger charge is 2.16. The molecule has 0 saturated heterocycles. The molecule has 8 nitrogen and oxygen atoms in total. The number of rotatable bonds is 7. The third-order valence-electron chi connectivity index (χ3n) is 4.01. The molecule has 2 aromatic carbocycles. The van der Waals surface area contributed by atoms with Gasteiger partial charge in [0, 0.05) is 36.0 Å². The molecule has 0 bridgehead atoms. The smallest absolute Gasteiger partial charge is 0.271 e. The first-order valence-electron chi connectivity index (χ1n) is 8.41. The van der Waals surface area contributed by atoms with Gasteiger partial charge in [-0.25, -0.2) is 19.0 Å². The number of aromatic hydroxyl groups is 1. The van der Waals surface area contributed by atoms with Gasteiger partial charge in [-0.1, -0.05) is 11.6 Å². The van der Waals surface area contributed by atoms with Gasteiger partial charge < -0.3 is 10.0 Å². The fraction of sp³-hybridized carbons (Fsp3) is 0.222. The summed E-state index contributed by atoms with van der Waals surface area (Å²) in [6, 6.07) is 8.82. The predicted octanol–water partition coefficient (Wildman–Crippen LogP) is 2.30. The van der Waals surface area contributed by atoms with Gasteiger partial charge in [-0.2, -0.15) is 5.10 Å². The number of hydrazone groups is 1. The van der Waals surface area contributed by atoms with Crippen LogP contribution in [0.4, 0.5) is 5.69 Å². The fourth-order valence-electron chi connectivity index (χ4n) is 2.51. The number of hydrogen-bond donors (Lipinski definition) is 3. The van der Waals surface area contributed by atoms with Gasteiger partial charge in [0.25, 0.3) is 5.91 Å². The van der Waals surface area contributed by atoms with Crippen LogP contribution in [0.25, 0.3) is 0 Å². The molecule has 150 valence electrons. The summed E-state index contributed by atoms with van der Waals surface area (Å²) in [6.45, 7) is 5.65. The lowest BCUT2D eigenvalue weighted by Crippen LogP contribution is -2.21. The van der Waals surface area contributed by atoms with Crippen molar-refractivity contribution in [2.24, 2.45) is 10.2 Å². The van der Waals surface area contributed by atoms with Crippen molar-refractivity contribution in [1.82, 2.24) is 5.43 Å². The van der Waals surface area contributed by atoms with Crippen molar-refractivity contribution in [3.8, 4) is 5.75 Å². The number of sulfonamides is 1. The van der Waals surface area contributed by atoms with Crippen LogP contribution in [0, 0.1) is 0 Å². The van der Waals surface area contributed by atoms with Gasteiger partial charge in [-0.15, -0.1) is 0 Å². The lowest BCUT2D eigenvalue weighted by Gasteiger charge is -2.21. The fourth-order valence-corrected chi connectivity index (χ4v) is 3.59. The second-order valence-corrected chi connectivity index (χ2v) is 7.74. The van der Waals surface area contributed by atoms with Crippen LogP contribution in [0.15, 0.2) is 46.4 Å². The minimum Gasteiger partial charge on any atom is -0.507 e. The van der Waals surface area contributed by atoms with Crippen molar-refractivity contribution in [1.29, 1.82) is 0 Å². The SMILES string of the molecule is CCN(CC)c1ccc(/C=N\NC(=O)c2ccc(Cl)c(S(N)(=O)=O)c2)c(O)c1. The van der Waals surface area contributed by atoms with Crippen molar-refractivity contribution in [2.75, 3.05) is 18.0 Å². The van der Waals surface area contributed by atoms with E-state index in [2.05, 4.69) is 15.4 Å². The molecule has 0 unspecified atom stereocenters. The van der Waals surface area contributed by atoms with Crippen LogP contribution in [0.1, 0.15) is 29.8 Å². The molecule has 2 aromatic rings. The molecule has 0 aliphatic carbocycles. The summed E-state index contributed by atoms with van der Waals surface area (Å²) in [5.74, 6) is -0.637. The van der Waals surface area contributed by atoms with Crippen LogP contribution in [-0.4, -0.2) is 38.7 Å². The maximum atomic E-state index is 12.2. The van der Waals surface area contributed by atoms with Gasteiger partial charge >= 0.3 is 0 Å². The number of phenolic OH excluding ortho intramolecular Hbond substituents is 1. The summed E-state index contributed by atoms with van der Waals surface area (Å²) >= 11 is 5.79. The highest BCUT2D eigenvalue weighted by Crippen LogP contribution is 2.24. The third kappa shape index (κ3) is 5.22. The summed E-state index contributed by atoms with van der Waals surface area (Å²) in [5.41, 5.74) is 3.57. The molecule has 0 spiro atoms. The van der Waals surface area contributed by atoms with E-state index < -0.39 is 15.9 Å². The van der Waals surface area contributed by atoms with Crippen molar-refractivity contribution >= 4 is 39.4 Å². The lowest BCUT2D eigenvalue weighted by molar-refractivity contribution is 0.0955. The number of nitrogens with zero attached hydrogens (tertiary/aromatic N) is 2. The number of phenols is 1. The molecule has 0 aromatic heterocycles. The summed E-state index contributed by atoms with van der Waals surface area (Å²) in [5, 5.41) is 18.9. The van der Waals surface area contributed by atoms with E-state index in [1.54, 1.807) is 12.1 Å². The van der Waals surface area contributed by atoms with E-state index >= 15 is 0 Å². The summed E-state index contributed by atoms with van der Waals surface area (Å²) in [7, 11) is -4.06. The number of halogens is 1. The molecule has 0 fully saturated rings. The van der Waals surface area contributed by atoms with E-state index in [1.807, 2.05) is 19.9 Å². The number of carbonyl (C=O) groups excluding carboxylic acids is 1. The Hall–Kier alpha value is -2.62. The van der Waals surface area contributed by atoms with E-state index in [1.165, 1.54) is 18.3 Å². The highest BCUT2D eigenvalue weighted by atomic mass is 35.5. The quantitative estimate of drug-likeness (QED) is 0.464. The molecule has 10 heteroatoms. The van der Waals surface area contributed by atoms with Crippen LogP contribution in [0.2, 0.25) is 5.02 Å². The van der Waals surface area contributed by atoms with Crippen molar-refractivity contribution in [3.05, 3.63) is 52.5 Å². The Morgan fingerprint density at radius 2 is 1.93 bits per heavy atom. The zero-order valence-corrected chi connectivity index (χ0v) is 17.0. The number of nitrogens with one attached hydrogen (secondary N) is 1. The molecule has 4 N–H and O–H groups in total. The average Bonchev–Trinajstić information content (AvgIpc) is 2.63. The second-order valence-electron chi connectivity index (χ2n) is 5.80. The van der Waals surface area contributed by atoms with Crippen LogP contribution in [0.5, 0.6) is 5.75 Å². The normalized spacial score (nSPS) is 11.6. The number of nitrogens with two attached hydrogens (primary N) is 1. The molecular weight excluding hydrogens is 404 g/mol. The largest absolute Gasteiger partial charge is 0.507 e. The first kappa shape index (κ1) is 21.7. The topological polar surface area (TPSA) is 125 Å². The Morgan fingerprint density at radius 3 is 2.50 bits per heavy atom. The summed E-state index contributed by atoms with van der Waals surface area (Å²) in [4.78, 5) is 13.9. The summed E-state index contributed by atoms with van der Waals surface area (Å²) in [6.07, 6.45) is 1.29. The minimum atomic E-state index is -4.06. The predicted molar refractivity (Wildman–Crippen MR) is 110 cm³/mol. The molecule has 0 radical (unpaired) electrons. The van der Waals surface area contributed by atoms with Gasteiger partial charge in [0.05, 0.1) is 11.2 Å². The van der Waals surface area contributed by atoms with E-state index in [9.17, 15) is 18.3 Å². The Kier molecular flexibility index (Phi) is 7.00. The molecular formula is C18H21ClN4O4S. The van der Waals surface area contributed by atoms with Gasteiger partial charge in [-0.3, -0.25) is 4.79 Å². The van der Waals surface area contributed by atoms with Crippen molar-refractivity contribution < 1.29 is 18.3 Å². The third-order valence-corrected chi connectivity index (χ3v) is 5.40. The van der Waals surface area contributed by atoms with E-state index in [0.29, 0.717) is 5.56 Å². The van der Waals surface area contributed by atoms with Gasteiger partial charge in [0.1, 0.15) is 10.6 Å². The number of carbonyl (C=O) groups is 1. The zero-order chi connectivity index (χ0) is 20.9. The molecule has 0 heterocycles. The Labute approximate surface area is 168 Å².